The minimum absolute atomic E-state index is 0.0287. The molecule has 0 fully saturated rings. The van der Waals surface area contributed by atoms with Crippen molar-refractivity contribution >= 4 is 27.5 Å². The predicted molar refractivity (Wildman–Crippen MR) is 94.9 cm³/mol. The van der Waals surface area contributed by atoms with Crippen molar-refractivity contribution in [2.24, 2.45) is 5.73 Å². The average Bonchev–Trinajstić information content (AvgIpc) is 2.41. The zero-order valence-electron chi connectivity index (χ0n) is 12.7. The van der Waals surface area contributed by atoms with E-state index < -0.39 is 0 Å². The lowest BCUT2D eigenvalue weighted by Gasteiger charge is -2.20. The molecule has 2 aromatic rings. The minimum Gasteiger partial charge on any atom is -0.324 e. The van der Waals surface area contributed by atoms with Crippen LogP contribution in [0.1, 0.15) is 43.5 Å². The Bertz CT molecular complexity index is 614. The van der Waals surface area contributed by atoms with Gasteiger partial charge in [0.05, 0.1) is 5.02 Å². The summed E-state index contributed by atoms with van der Waals surface area (Å²) >= 11 is 9.46. The van der Waals surface area contributed by atoms with Crippen molar-refractivity contribution in [3.8, 4) is 0 Å². The van der Waals surface area contributed by atoms with Gasteiger partial charge in [-0.05, 0) is 56.6 Å². The molecule has 2 N–H and O–H groups in total. The summed E-state index contributed by atoms with van der Waals surface area (Å²) in [5.41, 5.74) is 10.2. The Morgan fingerprint density at radius 3 is 2.24 bits per heavy atom. The Balaban J connectivity index is 2.12. The maximum Gasteiger partial charge on any atom is 0.0548 e. The number of nitrogens with two attached hydrogens (primary N) is 1. The number of halogens is 2. The van der Waals surface area contributed by atoms with Crippen LogP contribution in [0.15, 0.2) is 46.9 Å². The van der Waals surface area contributed by atoms with E-state index in [1.807, 2.05) is 18.2 Å². The highest BCUT2D eigenvalue weighted by atomic mass is 79.9. The lowest BCUT2D eigenvalue weighted by Crippen LogP contribution is -2.14. The summed E-state index contributed by atoms with van der Waals surface area (Å²) < 4.78 is 0.889. The molecule has 0 spiro atoms. The van der Waals surface area contributed by atoms with E-state index in [2.05, 4.69) is 61.0 Å². The topological polar surface area (TPSA) is 26.0 Å². The molecule has 0 bridgehead atoms. The van der Waals surface area contributed by atoms with E-state index in [0.717, 1.165) is 16.5 Å². The van der Waals surface area contributed by atoms with Gasteiger partial charge < -0.3 is 5.73 Å². The zero-order chi connectivity index (χ0) is 15.6. The second kappa shape index (κ2) is 6.51. The van der Waals surface area contributed by atoms with Crippen LogP contribution in [-0.4, -0.2) is 0 Å². The molecular weight excluding hydrogens is 346 g/mol. The largest absolute Gasteiger partial charge is 0.324 e. The van der Waals surface area contributed by atoms with Gasteiger partial charge in [0, 0.05) is 10.5 Å². The van der Waals surface area contributed by atoms with Crippen LogP contribution in [-0.2, 0) is 11.8 Å². The Labute approximate surface area is 140 Å². The summed E-state index contributed by atoms with van der Waals surface area (Å²) in [4.78, 5) is 0. The second-order valence-corrected chi connectivity index (χ2v) is 7.69. The molecule has 2 aromatic carbocycles. The highest BCUT2D eigenvalue weighted by Crippen LogP contribution is 2.27. The van der Waals surface area contributed by atoms with E-state index in [-0.39, 0.29) is 11.5 Å². The van der Waals surface area contributed by atoms with E-state index in [4.69, 9.17) is 17.3 Å². The third kappa shape index (κ3) is 4.32. The SMILES string of the molecule is CC(C)(C)c1ccc(CC(N)c2ccc(Cl)c(Br)c2)cc1. The third-order valence-electron chi connectivity index (χ3n) is 3.65. The van der Waals surface area contributed by atoms with Gasteiger partial charge in [-0.15, -0.1) is 0 Å². The number of rotatable bonds is 3. The molecule has 1 nitrogen and oxygen atoms in total. The fraction of sp³-hybridized carbons (Fsp3) is 0.333. The van der Waals surface area contributed by atoms with Crippen LogP contribution in [0.4, 0.5) is 0 Å². The van der Waals surface area contributed by atoms with Crippen molar-refractivity contribution in [1.29, 1.82) is 0 Å². The number of hydrogen-bond acceptors (Lipinski definition) is 1. The summed E-state index contributed by atoms with van der Waals surface area (Å²) in [6.45, 7) is 6.66. The van der Waals surface area contributed by atoms with Crippen molar-refractivity contribution in [2.75, 3.05) is 0 Å². The van der Waals surface area contributed by atoms with Gasteiger partial charge in [0.2, 0.25) is 0 Å². The van der Waals surface area contributed by atoms with Crippen molar-refractivity contribution < 1.29 is 0 Å². The fourth-order valence-electron chi connectivity index (χ4n) is 2.26. The summed E-state index contributed by atoms with van der Waals surface area (Å²) in [6, 6.07) is 14.6. The molecule has 0 aliphatic carbocycles. The van der Waals surface area contributed by atoms with Crippen LogP contribution >= 0.6 is 27.5 Å². The molecule has 0 aliphatic heterocycles. The summed E-state index contributed by atoms with van der Waals surface area (Å²) in [5.74, 6) is 0. The van der Waals surface area contributed by atoms with E-state index in [1.165, 1.54) is 11.1 Å². The highest BCUT2D eigenvalue weighted by Gasteiger charge is 2.14. The van der Waals surface area contributed by atoms with Gasteiger partial charge in [0.15, 0.2) is 0 Å². The maximum absolute atomic E-state index is 6.31. The first-order valence-electron chi connectivity index (χ1n) is 7.07. The molecule has 0 heterocycles. The van der Waals surface area contributed by atoms with Crippen molar-refractivity contribution in [3.05, 3.63) is 68.7 Å². The van der Waals surface area contributed by atoms with Crippen LogP contribution in [0, 0.1) is 0 Å². The Morgan fingerprint density at radius 1 is 1.10 bits per heavy atom. The molecule has 0 radical (unpaired) electrons. The van der Waals surface area contributed by atoms with Crippen LogP contribution in [0.3, 0.4) is 0 Å². The van der Waals surface area contributed by atoms with Crippen LogP contribution in [0.5, 0.6) is 0 Å². The average molecular weight is 367 g/mol. The molecule has 0 saturated heterocycles. The fourth-order valence-corrected chi connectivity index (χ4v) is 2.77. The molecule has 1 unspecified atom stereocenters. The van der Waals surface area contributed by atoms with Crippen molar-refractivity contribution in [3.63, 3.8) is 0 Å². The first kappa shape index (κ1) is 16.5. The molecule has 0 aromatic heterocycles. The van der Waals surface area contributed by atoms with Crippen molar-refractivity contribution in [1.82, 2.24) is 0 Å². The molecule has 2 rings (SSSR count). The van der Waals surface area contributed by atoms with Gasteiger partial charge in [-0.3, -0.25) is 0 Å². The summed E-state index contributed by atoms with van der Waals surface area (Å²) in [7, 11) is 0. The van der Waals surface area contributed by atoms with Gasteiger partial charge >= 0.3 is 0 Å². The molecule has 3 heteroatoms. The molecule has 0 saturated carbocycles. The van der Waals surface area contributed by atoms with E-state index >= 15 is 0 Å². The van der Waals surface area contributed by atoms with Gasteiger partial charge in [-0.25, -0.2) is 0 Å². The quantitative estimate of drug-likeness (QED) is 0.747. The maximum atomic E-state index is 6.31. The predicted octanol–water partition coefficient (Wildman–Crippen LogP) is 5.64. The molecule has 21 heavy (non-hydrogen) atoms. The van der Waals surface area contributed by atoms with Crippen molar-refractivity contribution in [2.45, 2.75) is 38.6 Å². The highest BCUT2D eigenvalue weighted by molar-refractivity contribution is 9.10. The molecule has 0 aliphatic rings. The van der Waals surface area contributed by atoms with Crippen LogP contribution in [0.25, 0.3) is 0 Å². The normalized spacial score (nSPS) is 13.2. The molecular formula is C18H21BrClN. The first-order valence-corrected chi connectivity index (χ1v) is 8.24. The summed E-state index contributed by atoms with van der Waals surface area (Å²) in [5, 5.41) is 0.709. The van der Waals surface area contributed by atoms with E-state index in [0.29, 0.717) is 5.02 Å². The van der Waals surface area contributed by atoms with Gasteiger partial charge in [0.1, 0.15) is 0 Å². The Hall–Kier alpha value is -0.830. The van der Waals surface area contributed by atoms with Crippen LogP contribution in [0.2, 0.25) is 5.02 Å². The molecule has 0 amide bonds. The third-order valence-corrected chi connectivity index (χ3v) is 4.86. The Kier molecular flexibility index (Phi) is 5.13. The monoisotopic (exact) mass is 365 g/mol. The first-order chi connectivity index (χ1) is 9.77. The standard InChI is InChI=1S/C18H21BrClN/c1-18(2,3)14-7-4-12(5-8-14)10-17(21)13-6-9-16(20)15(19)11-13/h4-9,11,17H,10,21H2,1-3H3. The number of benzene rings is 2. The minimum atomic E-state index is -0.0287. The lowest BCUT2D eigenvalue weighted by molar-refractivity contribution is 0.589. The lowest BCUT2D eigenvalue weighted by atomic mass is 9.86. The van der Waals surface area contributed by atoms with Gasteiger partial charge in [0.25, 0.3) is 0 Å². The second-order valence-electron chi connectivity index (χ2n) is 6.43. The van der Waals surface area contributed by atoms with Gasteiger partial charge in [-0.1, -0.05) is 62.7 Å². The zero-order valence-corrected chi connectivity index (χ0v) is 15.0. The Morgan fingerprint density at radius 2 is 1.71 bits per heavy atom. The van der Waals surface area contributed by atoms with E-state index in [1.54, 1.807) is 0 Å². The summed E-state index contributed by atoms with van der Waals surface area (Å²) in [6.07, 6.45) is 0.818. The van der Waals surface area contributed by atoms with Gasteiger partial charge in [-0.2, -0.15) is 0 Å². The van der Waals surface area contributed by atoms with E-state index in [9.17, 15) is 0 Å². The van der Waals surface area contributed by atoms with Crippen LogP contribution < -0.4 is 5.73 Å². The molecule has 112 valence electrons. The smallest absolute Gasteiger partial charge is 0.0548 e. The molecule has 1 atom stereocenters. The number of hydrogen-bond donors (Lipinski definition) is 1.